The van der Waals surface area contributed by atoms with E-state index in [9.17, 15) is 0 Å². The van der Waals surface area contributed by atoms with Crippen molar-refractivity contribution < 1.29 is 23.7 Å². The van der Waals surface area contributed by atoms with Crippen LogP contribution in [0.25, 0.3) is 0 Å². The highest BCUT2D eigenvalue weighted by Crippen LogP contribution is 2.26. The van der Waals surface area contributed by atoms with Crippen molar-refractivity contribution in [2.45, 2.75) is 38.3 Å². The van der Waals surface area contributed by atoms with Gasteiger partial charge in [0.2, 0.25) is 0 Å². The van der Waals surface area contributed by atoms with Crippen molar-refractivity contribution >= 4 is 0 Å². The van der Waals surface area contributed by atoms with E-state index < -0.39 is 12.4 Å². The lowest BCUT2D eigenvalue weighted by molar-refractivity contribution is -0.227. The van der Waals surface area contributed by atoms with Crippen LogP contribution in [0.3, 0.4) is 0 Å². The average Bonchev–Trinajstić information content (AvgIpc) is 2.88. The van der Waals surface area contributed by atoms with Crippen molar-refractivity contribution in [3.63, 3.8) is 0 Å². The standard InChI is InChI=1S/C28H30O5/c1-29-28-27(32-20-24-15-9-4-10-16-24)26(31-19-23-13-7-3-8-14-23)17-25(33-28)21-30-18-22-11-5-2-6-12-22/h2-17,25,27-28H,18-21H2,1H3/t25-,27+,28+/m0/s1. The zero-order valence-corrected chi connectivity index (χ0v) is 18.8. The number of hydrogen-bond donors (Lipinski definition) is 0. The maximum Gasteiger partial charge on any atom is 0.191 e. The van der Waals surface area contributed by atoms with Gasteiger partial charge in [-0.05, 0) is 22.8 Å². The molecule has 33 heavy (non-hydrogen) atoms. The Bertz CT molecular complexity index is 975. The molecule has 1 aliphatic heterocycles. The molecule has 0 bridgehead atoms. The van der Waals surface area contributed by atoms with E-state index in [1.165, 1.54) is 0 Å². The van der Waals surface area contributed by atoms with Crippen LogP contribution < -0.4 is 0 Å². The van der Waals surface area contributed by atoms with Crippen LogP contribution in [0.1, 0.15) is 16.7 Å². The summed E-state index contributed by atoms with van der Waals surface area (Å²) in [4.78, 5) is 0. The predicted molar refractivity (Wildman–Crippen MR) is 126 cm³/mol. The molecule has 5 nitrogen and oxygen atoms in total. The Kier molecular flexibility index (Phi) is 8.67. The highest BCUT2D eigenvalue weighted by molar-refractivity contribution is 5.17. The number of ether oxygens (including phenoxy) is 5. The molecule has 0 unspecified atom stereocenters. The highest BCUT2D eigenvalue weighted by Gasteiger charge is 2.35. The second-order valence-electron chi connectivity index (χ2n) is 7.84. The van der Waals surface area contributed by atoms with Crippen LogP contribution in [-0.4, -0.2) is 32.2 Å². The van der Waals surface area contributed by atoms with Gasteiger partial charge in [0.05, 0.1) is 19.8 Å². The van der Waals surface area contributed by atoms with Crippen molar-refractivity contribution in [2.24, 2.45) is 0 Å². The molecular formula is C28H30O5. The molecule has 3 aromatic carbocycles. The molecule has 0 fully saturated rings. The van der Waals surface area contributed by atoms with E-state index >= 15 is 0 Å². The Balaban J connectivity index is 1.44. The first kappa shape index (κ1) is 23.2. The molecule has 0 aliphatic carbocycles. The minimum Gasteiger partial charge on any atom is -0.491 e. The molecule has 0 aromatic heterocycles. The molecule has 0 saturated heterocycles. The summed E-state index contributed by atoms with van der Waals surface area (Å²) in [5.41, 5.74) is 3.27. The van der Waals surface area contributed by atoms with Gasteiger partial charge in [0.1, 0.15) is 18.5 Å². The fourth-order valence-electron chi connectivity index (χ4n) is 3.62. The van der Waals surface area contributed by atoms with Crippen molar-refractivity contribution in [1.82, 2.24) is 0 Å². The summed E-state index contributed by atoms with van der Waals surface area (Å²) < 4.78 is 30.1. The van der Waals surface area contributed by atoms with Crippen molar-refractivity contribution in [2.75, 3.05) is 13.7 Å². The van der Waals surface area contributed by atoms with Crippen LogP contribution in [0.2, 0.25) is 0 Å². The van der Waals surface area contributed by atoms with Crippen molar-refractivity contribution in [3.05, 3.63) is 120 Å². The first-order valence-corrected chi connectivity index (χ1v) is 11.2. The monoisotopic (exact) mass is 446 g/mol. The lowest BCUT2D eigenvalue weighted by atomic mass is 10.1. The lowest BCUT2D eigenvalue weighted by Gasteiger charge is -2.35. The SMILES string of the molecule is CO[C@@H]1O[C@H](COCc2ccccc2)C=C(OCc2ccccc2)[C@H]1OCc1ccccc1. The summed E-state index contributed by atoms with van der Waals surface area (Å²) in [5.74, 6) is 0.696. The van der Waals surface area contributed by atoms with Gasteiger partial charge >= 0.3 is 0 Å². The van der Waals surface area contributed by atoms with Gasteiger partial charge in [-0.2, -0.15) is 0 Å². The largest absolute Gasteiger partial charge is 0.491 e. The van der Waals surface area contributed by atoms with Crippen LogP contribution >= 0.6 is 0 Å². The summed E-state index contributed by atoms with van der Waals surface area (Å²) in [6.07, 6.45) is 0.555. The Labute approximate surface area is 195 Å². The third kappa shape index (κ3) is 7.01. The van der Waals surface area contributed by atoms with E-state index in [1.54, 1.807) is 7.11 Å². The maximum atomic E-state index is 6.22. The van der Waals surface area contributed by atoms with E-state index in [2.05, 4.69) is 0 Å². The molecule has 0 spiro atoms. The first-order chi connectivity index (χ1) is 16.3. The third-order valence-electron chi connectivity index (χ3n) is 5.33. The normalized spacial score (nSPS) is 20.3. The molecule has 3 aromatic rings. The van der Waals surface area contributed by atoms with Crippen LogP contribution in [0.15, 0.2) is 103 Å². The third-order valence-corrected chi connectivity index (χ3v) is 5.33. The Morgan fingerprint density at radius 2 is 1.24 bits per heavy atom. The Morgan fingerprint density at radius 1 is 0.697 bits per heavy atom. The van der Waals surface area contributed by atoms with Gasteiger partial charge in [-0.1, -0.05) is 91.0 Å². The van der Waals surface area contributed by atoms with Crippen LogP contribution in [0, 0.1) is 0 Å². The molecule has 5 heteroatoms. The second-order valence-corrected chi connectivity index (χ2v) is 7.84. The molecule has 1 aliphatic rings. The van der Waals surface area contributed by atoms with Gasteiger partial charge in [-0.25, -0.2) is 0 Å². The number of hydrogen-bond acceptors (Lipinski definition) is 5. The van der Waals surface area contributed by atoms with Gasteiger partial charge in [0, 0.05) is 7.11 Å². The molecule has 3 atom stereocenters. The molecular weight excluding hydrogens is 416 g/mol. The van der Waals surface area contributed by atoms with E-state index in [1.807, 2.05) is 97.1 Å². The minimum atomic E-state index is -0.602. The summed E-state index contributed by atoms with van der Waals surface area (Å²) in [7, 11) is 1.62. The van der Waals surface area contributed by atoms with E-state index in [4.69, 9.17) is 23.7 Å². The zero-order chi connectivity index (χ0) is 22.7. The summed E-state index contributed by atoms with van der Waals surface area (Å²) in [6.45, 7) is 1.76. The fourth-order valence-corrected chi connectivity index (χ4v) is 3.62. The summed E-state index contributed by atoms with van der Waals surface area (Å²) in [5, 5.41) is 0. The summed E-state index contributed by atoms with van der Waals surface area (Å²) in [6, 6.07) is 30.2. The quantitative estimate of drug-likeness (QED) is 0.402. The van der Waals surface area contributed by atoms with Gasteiger partial charge in [-0.3, -0.25) is 0 Å². The summed E-state index contributed by atoms with van der Waals surface area (Å²) >= 11 is 0. The maximum absolute atomic E-state index is 6.22. The molecule has 0 saturated carbocycles. The molecule has 0 radical (unpaired) electrons. The van der Waals surface area contributed by atoms with E-state index in [0.29, 0.717) is 32.2 Å². The lowest BCUT2D eigenvalue weighted by Crippen LogP contribution is -2.43. The predicted octanol–water partition coefficient (Wildman–Crippen LogP) is 5.26. The smallest absolute Gasteiger partial charge is 0.191 e. The van der Waals surface area contributed by atoms with Crippen LogP contribution in [0.4, 0.5) is 0 Å². The number of methoxy groups -OCH3 is 1. The molecule has 172 valence electrons. The second kappa shape index (κ2) is 12.3. The van der Waals surface area contributed by atoms with Gasteiger partial charge in [0.25, 0.3) is 0 Å². The first-order valence-electron chi connectivity index (χ1n) is 11.2. The highest BCUT2D eigenvalue weighted by atomic mass is 16.7. The number of benzene rings is 3. The average molecular weight is 447 g/mol. The van der Waals surface area contributed by atoms with Crippen molar-refractivity contribution in [1.29, 1.82) is 0 Å². The minimum absolute atomic E-state index is 0.305. The van der Waals surface area contributed by atoms with Crippen LogP contribution in [-0.2, 0) is 43.5 Å². The topological polar surface area (TPSA) is 46.2 Å². The van der Waals surface area contributed by atoms with Gasteiger partial charge < -0.3 is 23.7 Å². The van der Waals surface area contributed by atoms with Crippen molar-refractivity contribution in [3.8, 4) is 0 Å². The molecule has 0 amide bonds. The van der Waals surface area contributed by atoms with E-state index in [-0.39, 0.29) is 6.10 Å². The van der Waals surface area contributed by atoms with Crippen LogP contribution in [0.5, 0.6) is 0 Å². The van der Waals surface area contributed by atoms with E-state index in [0.717, 1.165) is 16.7 Å². The van der Waals surface area contributed by atoms with Gasteiger partial charge in [0.15, 0.2) is 12.4 Å². The fraction of sp³-hybridized carbons (Fsp3) is 0.286. The molecule has 0 N–H and O–H groups in total. The zero-order valence-electron chi connectivity index (χ0n) is 18.8. The Hall–Kier alpha value is -2.96. The van der Waals surface area contributed by atoms with Gasteiger partial charge in [-0.15, -0.1) is 0 Å². The molecule has 4 rings (SSSR count). The molecule has 1 heterocycles. The Morgan fingerprint density at radius 3 is 1.82 bits per heavy atom. The number of rotatable bonds is 11.